The number of aryl methyl sites for hydroxylation is 1. The van der Waals surface area contributed by atoms with Crippen LogP contribution in [-0.2, 0) is 26.6 Å². The molecule has 0 unspecified atom stereocenters. The molecule has 2 N–H and O–H groups in total. The van der Waals surface area contributed by atoms with Gasteiger partial charge in [0.25, 0.3) is 20.0 Å². The Morgan fingerprint density at radius 1 is 1.19 bits per heavy atom. The SMILES string of the molecule is Cc1ccc(S(=O)(=O)NC(=O)NCc2cn(S(=O)(=O)CCF)nn2)cc1. The predicted octanol–water partition coefficient (Wildman–Crippen LogP) is -0.0780. The molecule has 0 saturated heterocycles. The number of nitrogens with one attached hydrogen (secondary N) is 2. The van der Waals surface area contributed by atoms with Crippen LogP contribution in [0.4, 0.5) is 9.18 Å². The van der Waals surface area contributed by atoms with Crippen molar-refractivity contribution in [1.29, 1.82) is 0 Å². The van der Waals surface area contributed by atoms with Gasteiger partial charge in [-0.3, -0.25) is 0 Å². The molecule has 0 aliphatic carbocycles. The number of benzene rings is 1. The van der Waals surface area contributed by atoms with Crippen molar-refractivity contribution in [1.82, 2.24) is 24.4 Å². The lowest BCUT2D eigenvalue weighted by atomic mass is 10.2. The topological polar surface area (TPSA) is 140 Å². The zero-order chi connectivity index (χ0) is 19.4. The summed E-state index contributed by atoms with van der Waals surface area (Å²) in [6.07, 6.45) is 1.000. The number of alkyl halides is 1. The Kier molecular flexibility index (Phi) is 5.92. The second kappa shape index (κ2) is 7.78. The Morgan fingerprint density at radius 3 is 2.46 bits per heavy atom. The molecule has 2 amide bonds. The zero-order valence-corrected chi connectivity index (χ0v) is 15.2. The van der Waals surface area contributed by atoms with Crippen molar-refractivity contribution in [3.63, 3.8) is 0 Å². The minimum absolute atomic E-state index is 0.0512. The molecule has 0 atom stereocenters. The molecule has 1 aromatic heterocycles. The molecular formula is C13H16FN5O5S2. The summed E-state index contributed by atoms with van der Waals surface area (Å²) in [4.78, 5) is 11.7. The van der Waals surface area contributed by atoms with Crippen molar-refractivity contribution in [2.45, 2.75) is 18.4 Å². The zero-order valence-electron chi connectivity index (χ0n) is 13.6. The standard InChI is InChI=1S/C13H16FN5O5S2/c1-10-2-4-12(5-3-10)26(23,24)17-13(20)15-8-11-9-19(18-16-11)25(21,22)7-6-14/h2-5,9H,6-8H2,1H3,(H2,15,17,20). The first-order chi connectivity index (χ1) is 12.1. The van der Waals surface area contributed by atoms with E-state index in [2.05, 4.69) is 15.6 Å². The summed E-state index contributed by atoms with van der Waals surface area (Å²) in [5.41, 5.74) is 0.912. The number of amides is 2. The molecule has 1 aromatic carbocycles. The quantitative estimate of drug-likeness (QED) is 0.656. The van der Waals surface area contributed by atoms with Crippen LogP contribution in [0.15, 0.2) is 35.4 Å². The van der Waals surface area contributed by atoms with Gasteiger partial charge >= 0.3 is 6.03 Å². The molecule has 0 aliphatic heterocycles. The Labute approximate surface area is 149 Å². The van der Waals surface area contributed by atoms with Gasteiger partial charge in [-0.05, 0) is 19.1 Å². The summed E-state index contributed by atoms with van der Waals surface area (Å²) in [6, 6.07) is 4.86. The van der Waals surface area contributed by atoms with Crippen LogP contribution in [0.3, 0.4) is 0 Å². The molecule has 0 radical (unpaired) electrons. The average molecular weight is 405 g/mol. The highest BCUT2D eigenvalue weighted by Crippen LogP contribution is 2.09. The lowest BCUT2D eigenvalue weighted by molar-refractivity contribution is 0.245. The van der Waals surface area contributed by atoms with Crippen LogP contribution in [0, 0.1) is 6.92 Å². The number of urea groups is 1. The summed E-state index contributed by atoms with van der Waals surface area (Å²) in [7, 11) is -8.00. The van der Waals surface area contributed by atoms with Gasteiger partial charge in [0.1, 0.15) is 12.4 Å². The number of hydrogen-bond donors (Lipinski definition) is 2. The number of halogens is 1. The molecule has 0 bridgehead atoms. The predicted molar refractivity (Wildman–Crippen MR) is 88.9 cm³/mol. The minimum atomic E-state index is -4.05. The fourth-order valence-electron chi connectivity index (χ4n) is 1.79. The van der Waals surface area contributed by atoms with E-state index in [-0.39, 0.29) is 17.1 Å². The molecule has 26 heavy (non-hydrogen) atoms. The number of hydrogen-bond acceptors (Lipinski definition) is 7. The molecular weight excluding hydrogens is 389 g/mol. The first kappa shape index (κ1) is 19.8. The van der Waals surface area contributed by atoms with E-state index in [1.807, 2.05) is 4.72 Å². The summed E-state index contributed by atoms with van der Waals surface area (Å²) in [5, 5.41) is 9.08. The van der Waals surface area contributed by atoms with Crippen molar-refractivity contribution >= 4 is 26.1 Å². The first-order valence-corrected chi connectivity index (χ1v) is 10.3. The number of rotatable bonds is 7. The van der Waals surface area contributed by atoms with Crippen molar-refractivity contribution in [3.05, 3.63) is 41.7 Å². The van der Waals surface area contributed by atoms with E-state index in [1.54, 1.807) is 19.1 Å². The van der Waals surface area contributed by atoms with Gasteiger partial charge in [-0.2, -0.15) is 0 Å². The molecule has 13 heteroatoms. The molecule has 2 aromatic rings. The summed E-state index contributed by atoms with van der Waals surface area (Å²) in [5.74, 6) is -0.751. The smallest absolute Gasteiger partial charge is 0.329 e. The monoisotopic (exact) mass is 405 g/mol. The van der Waals surface area contributed by atoms with Crippen LogP contribution in [0.2, 0.25) is 0 Å². The van der Waals surface area contributed by atoms with E-state index in [9.17, 15) is 26.0 Å². The normalized spacial score (nSPS) is 11.9. The van der Waals surface area contributed by atoms with Crippen LogP contribution in [-0.4, -0.2) is 49.7 Å². The van der Waals surface area contributed by atoms with Crippen LogP contribution < -0.4 is 10.0 Å². The van der Waals surface area contributed by atoms with Crippen LogP contribution in [0.1, 0.15) is 11.3 Å². The van der Waals surface area contributed by atoms with E-state index in [1.165, 1.54) is 12.1 Å². The molecule has 0 spiro atoms. The van der Waals surface area contributed by atoms with Crippen molar-refractivity contribution in [3.8, 4) is 0 Å². The average Bonchev–Trinajstić information content (AvgIpc) is 3.03. The lowest BCUT2D eigenvalue weighted by Gasteiger charge is -2.07. The Morgan fingerprint density at radius 2 is 1.85 bits per heavy atom. The highest BCUT2D eigenvalue weighted by molar-refractivity contribution is 7.90. The molecule has 0 saturated carbocycles. The Bertz CT molecular complexity index is 986. The van der Waals surface area contributed by atoms with E-state index in [4.69, 9.17) is 0 Å². The fraction of sp³-hybridized carbons (Fsp3) is 0.308. The summed E-state index contributed by atoms with van der Waals surface area (Å²) in [6.45, 7) is 0.437. The fourth-order valence-corrected chi connectivity index (χ4v) is 3.53. The second-order valence-corrected chi connectivity index (χ2v) is 8.82. The molecule has 142 valence electrons. The maximum absolute atomic E-state index is 12.2. The highest BCUT2D eigenvalue weighted by Gasteiger charge is 2.18. The number of carbonyl (C=O) groups is 1. The molecule has 0 fully saturated rings. The largest absolute Gasteiger partial charge is 0.332 e. The van der Waals surface area contributed by atoms with E-state index in [0.29, 0.717) is 4.09 Å². The van der Waals surface area contributed by atoms with Gasteiger partial charge in [0.15, 0.2) is 0 Å². The van der Waals surface area contributed by atoms with Crippen LogP contribution in [0.25, 0.3) is 0 Å². The summed E-state index contributed by atoms with van der Waals surface area (Å²) < 4.78 is 61.8. The van der Waals surface area contributed by atoms with Gasteiger partial charge in [-0.1, -0.05) is 22.9 Å². The van der Waals surface area contributed by atoms with Gasteiger partial charge in [0.2, 0.25) is 0 Å². The maximum Gasteiger partial charge on any atom is 0.329 e. The third-order valence-electron chi connectivity index (χ3n) is 3.13. The molecule has 0 aliphatic rings. The Hall–Kier alpha value is -2.54. The highest BCUT2D eigenvalue weighted by atomic mass is 32.2. The number of sulfonamides is 1. The molecule has 2 rings (SSSR count). The molecule has 1 heterocycles. The van der Waals surface area contributed by atoms with E-state index >= 15 is 0 Å². The Balaban J connectivity index is 1.97. The number of nitrogens with zero attached hydrogens (tertiary/aromatic N) is 3. The van der Waals surface area contributed by atoms with Gasteiger partial charge in [0, 0.05) is 0 Å². The number of carbonyl (C=O) groups excluding carboxylic acids is 1. The van der Waals surface area contributed by atoms with Crippen LogP contribution >= 0.6 is 0 Å². The van der Waals surface area contributed by atoms with Gasteiger partial charge < -0.3 is 5.32 Å². The van der Waals surface area contributed by atoms with Crippen molar-refractivity contribution < 1.29 is 26.0 Å². The van der Waals surface area contributed by atoms with Gasteiger partial charge in [0.05, 0.1) is 23.4 Å². The maximum atomic E-state index is 12.2. The van der Waals surface area contributed by atoms with E-state index in [0.717, 1.165) is 11.8 Å². The van der Waals surface area contributed by atoms with Gasteiger partial charge in [-0.25, -0.2) is 30.7 Å². The molecule has 10 nitrogen and oxygen atoms in total. The van der Waals surface area contributed by atoms with Gasteiger partial charge in [-0.15, -0.1) is 9.19 Å². The van der Waals surface area contributed by atoms with E-state index < -0.39 is 38.5 Å². The third kappa shape index (κ3) is 4.98. The minimum Gasteiger partial charge on any atom is -0.332 e. The lowest BCUT2D eigenvalue weighted by Crippen LogP contribution is -2.39. The summed E-state index contributed by atoms with van der Waals surface area (Å²) >= 11 is 0. The number of aromatic nitrogens is 3. The van der Waals surface area contributed by atoms with Crippen molar-refractivity contribution in [2.24, 2.45) is 0 Å². The van der Waals surface area contributed by atoms with Crippen molar-refractivity contribution in [2.75, 3.05) is 12.4 Å². The second-order valence-electron chi connectivity index (χ2n) is 5.19. The third-order valence-corrected chi connectivity index (χ3v) is 5.89. The first-order valence-electron chi connectivity index (χ1n) is 7.22. The van der Waals surface area contributed by atoms with Crippen LogP contribution in [0.5, 0.6) is 0 Å².